The molecule has 0 aromatic heterocycles. The summed E-state index contributed by atoms with van der Waals surface area (Å²) >= 11 is 0. The molecule has 1 saturated heterocycles. The molecule has 0 atom stereocenters. The summed E-state index contributed by atoms with van der Waals surface area (Å²) in [6, 6.07) is 0. The highest BCUT2D eigenvalue weighted by molar-refractivity contribution is 5.45. The van der Waals surface area contributed by atoms with Gasteiger partial charge in [-0.05, 0) is 12.8 Å². The Morgan fingerprint density at radius 3 is 2.23 bits per heavy atom. The molecular weight excluding hydrogens is 166 g/mol. The van der Waals surface area contributed by atoms with Crippen molar-refractivity contribution in [1.29, 1.82) is 0 Å². The Morgan fingerprint density at radius 2 is 1.54 bits per heavy atom. The SMILES string of the molecule is O=[C]N1CCCCCCCCCO1. The van der Waals surface area contributed by atoms with Crippen LogP contribution in [0.2, 0.25) is 0 Å². The molecule has 13 heavy (non-hydrogen) atoms. The summed E-state index contributed by atoms with van der Waals surface area (Å²) < 4.78 is 0. The third-order valence-electron chi connectivity index (χ3n) is 2.35. The number of amides is 1. The minimum Gasteiger partial charge on any atom is -0.271 e. The molecule has 0 N–H and O–H groups in total. The van der Waals surface area contributed by atoms with Crippen molar-refractivity contribution in [3.8, 4) is 0 Å². The summed E-state index contributed by atoms with van der Waals surface area (Å²) in [7, 11) is 0. The molecule has 1 aliphatic rings. The van der Waals surface area contributed by atoms with Gasteiger partial charge in [-0.2, -0.15) is 0 Å². The Kier molecular flexibility index (Phi) is 5.57. The van der Waals surface area contributed by atoms with Gasteiger partial charge >= 0.3 is 6.41 Å². The number of hydrogen-bond acceptors (Lipinski definition) is 2. The van der Waals surface area contributed by atoms with E-state index in [-0.39, 0.29) is 0 Å². The van der Waals surface area contributed by atoms with Gasteiger partial charge in [0.05, 0.1) is 6.61 Å². The van der Waals surface area contributed by atoms with Crippen LogP contribution in [-0.2, 0) is 9.63 Å². The zero-order valence-electron chi connectivity index (χ0n) is 8.13. The molecule has 3 heteroatoms. The minimum atomic E-state index is 0.662. The second-order valence-corrected chi connectivity index (χ2v) is 3.50. The lowest BCUT2D eigenvalue weighted by Crippen LogP contribution is -2.23. The van der Waals surface area contributed by atoms with Gasteiger partial charge in [0, 0.05) is 6.54 Å². The van der Waals surface area contributed by atoms with Gasteiger partial charge in [0.1, 0.15) is 0 Å². The summed E-state index contributed by atoms with van der Waals surface area (Å²) in [5, 5.41) is 1.31. The van der Waals surface area contributed by atoms with E-state index in [9.17, 15) is 4.79 Å². The lowest BCUT2D eigenvalue weighted by molar-refractivity contribution is -0.102. The molecule has 0 saturated carbocycles. The largest absolute Gasteiger partial charge is 0.337 e. The van der Waals surface area contributed by atoms with Crippen LogP contribution in [0.15, 0.2) is 0 Å². The number of hydroxylamine groups is 2. The first-order chi connectivity index (χ1) is 6.43. The van der Waals surface area contributed by atoms with E-state index in [1.807, 2.05) is 0 Å². The topological polar surface area (TPSA) is 29.5 Å². The molecule has 1 radical (unpaired) electrons. The maximum absolute atomic E-state index is 10.4. The number of nitrogens with zero attached hydrogens (tertiary/aromatic N) is 1. The molecule has 1 aliphatic heterocycles. The van der Waals surface area contributed by atoms with E-state index in [0.29, 0.717) is 13.2 Å². The number of hydrogen-bond donors (Lipinski definition) is 0. The van der Waals surface area contributed by atoms with Crippen LogP contribution in [0.3, 0.4) is 0 Å². The van der Waals surface area contributed by atoms with Crippen molar-refractivity contribution < 1.29 is 9.63 Å². The zero-order chi connectivity index (χ0) is 9.36. The Hall–Kier alpha value is -0.570. The highest BCUT2D eigenvalue weighted by atomic mass is 16.7. The Bertz CT molecular complexity index is 127. The Labute approximate surface area is 80.0 Å². The number of rotatable bonds is 1. The molecule has 1 rings (SSSR count). The standard InChI is InChI=1S/C10H18NO2/c12-10-11-8-6-4-2-1-3-5-7-9-13-11/h1-9H2. The Balaban J connectivity index is 2.22. The third kappa shape index (κ3) is 4.88. The fourth-order valence-electron chi connectivity index (χ4n) is 1.55. The summed E-state index contributed by atoms with van der Waals surface area (Å²) in [6.07, 6.45) is 10.2. The quantitative estimate of drug-likeness (QED) is 0.624. The monoisotopic (exact) mass is 184 g/mol. The summed E-state index contributed by atoms with van der Waals surface area (Å²) in [6.45, 7) is 1.36. The van der Waals surface area contributed by atoms with E-state index < -0.39 is 0 Å². The van der Waals surface area contributed by atoms with Crippen molar-refractivity contribution in [1.82, 2.24) is 5.06 Å². The van der Waals surface area contributed by atoms with Gasteiger partial charge in [-0.25, -0.2) is 5.06 Å². The maximum Gasteiger partial charge on any atom is 0.337 e. The Morgan fingerprint density at radius 1 is 0.923 bits per heavy atom. The summed E-state index contributed by atoms with van der Waals surface area (Å²) in [4.78, 5) is 15.6. The highest BCUT2D eigenvalue weighted by Gasteiger charge is 2.04. The van der Waals surface area contributed by atoms with Crippen LogP contribution in [0.1, 0.15) is 44.9 Å². The number of carbonyl (C=O) groups excluding carboxylic acids is 1. The van der Waals surface area contributed by atoms with E-state index in [0.717, 1.165) is 12.8 Å². The van der Waals surface area contributed by atoms with Gasteiger partial charge in [-0.15, -0.1) is 0 Å². The van der Waals surface area contributed by atoms with Crippen molar-refractivity contribution in [3.05, 3.63) is 0 Å². The molecule has 0 spiro atoms. The molecule has 0 aromatic carbocycles. The molecule has 0 aliphatic carbocycles. The van der Waals surface area contributed by atoms with Gasteiger partial charge in [-0.3, -0.25) is 9.63 Å². The third-order valence-corrected chi connectivity index (χ3v) is 2.35. The summed E-state index contributed by atoms with van der Waals surface area (Å²) in [5.74, 6) is 0. The molecule has 0 bridgehead atoms. The van der Waals surface area contributed by atoms with Gasteiger partial charge < -0.3 is 0 Å². The normalized spacial score (nSPS) is 22.0. The highest BCUT2D eigenvalue weighted by Crippen LogP contribution is 2.09. The van der Waals surface area contributed by atoms with E-state index in [4.69, 9.17) is 4.84 Å². The van der Waals surface area contributed by atoms with Crippen LogP contribution in [0.25, 0.3) is 0 Å². The molecular formula is C10H18NO2. The van der Waals surface area contributed by atoms with Gasteiger partial charge in [0.2, 0.25) is 0 Å². The van der Waals surface area contributed by atoms with Crippen molar-refractivity contribution in [2.24, 2.45) is 0 Å². The van der Waals surface area contributed by atoms with Gasteiger partial charge in [0.15, 0.2) is 0 Å². The molecule has 0 aromatic rings. The van der Waals surface area contributed by atoms with Crippen LogP contribution in [0.5, 0.6) is 0 Å². The molecule has 1 fully saturated rings. The predicted molar refractivity (Wildman–Crippen MR) is 50.7 cm³/mol. The molecule has 3 nitrogen and oxygen atoms in total. The second-order valence-electron chi connectivity index (χ2n) is 3.50. The van der Waals surface area contributed by atoms with Crippen LogP contribution >= 0.6 is 0 Å². The van der Waals surface area contributed by atoms with Crippen LogP contribution in [-0.4, -0.2) is 24.6 Å². The first-order valence-corrected chi connectivity index (χ1v) is 5.22. The van der Waals surface area contributed by atoms with Crippen molar-refractivity contribution in [2.75, 3.05) is 13.2 Å². The van der Waals surface area contributed by atoms with E-state index in [1.54, 1.807) is 6.41 Å². The van der Waals surface area contributed by atoms with Crippen LogP contribution in [0, 0.1) is 0 Å². The molecule has 0 unspecified atom stereocenters. The molecule has 75 valence electrons. The fourth-order valence-corrected chi connectivity index (χ4v) is 1.55. The van der Waals surface area contributed by atoms with Gasteiger partial charge in [-0.1, -0.05) is 32.1 Å². The van der Waals surface area contributed by atoms with Crippen molar-refractivity contribution in [3.63, 3.8) is 0 Å². The van der Waals surface area contributed by atoms with E-state index in [2.05, 4.69) is 0 Å². The fraction of sp³-hybridized carbons (Fsp3) is 0.900. The first kappa shape index (κ1) is 10.5. The predicted octanol–water partition coefficient (Wildman–Crippen LogP) is 2.03. The summed E-state index contributed by atoms with van der Waals surface area (Å²) in [5.41, 5.74) is 0. The lowest BCUT2D eigenvalue weighted by Gasteiger charge is -2.14. The smallest absolute Gasteiger partial charge is 0.271 e. The van der Waals surface area contributed by atoms with Gasteiger partial charge in [0.25, 0.3) is 0 Å². The maximum atomic E-state index is 10.4. The average Bonchev–Trinajstić information content (AvgIpc) is 2.22. The van der Waals surface area contributed by atoms with Crippen molar-refractivity contribution >= 4 is 6.41 Å². The van der Waals surface area contributed by atoms with E-state index >= 15 is 0 Å². The van der Waals surface area contributed by atoms with Crippen molar-refractivity contribution in [2.45, 2.75) is 44.9 Å². The van der Waals surface area contributed by atoms with Crippen LogP contribution < -0.4 is 0 Å². The second kappa shape index (κ2) is 6.89. The van der Waals surface area contributed by atoms with Crippen LogP contribution in [0.4, 0.5) is 0 Å². The molecule has 1 amide bonds. The average molecular weight is 184 g/mol. The minimum absolute atomic E-state index is 0.662. The first-order valence-electron chi connectivity index (χ1n) is 5.22. The molecule has 1 heterocycles. The lowest BCUT2D eigenvalue weighted by atomic mass is 10.1. The zero-order valence-corrected chi connectivity index (χ0v) is 8.13. The van der Waals surface area contributed by atoms with E-state index in [1.165, 1.54) is 37.2 Å².